The Morgan fingerprint density at radius 1 is 0.696 bits per heavy atom. The normalized spacial score (nSPS) is 11.4. The average molecular weight is 724 g/mol. The third kappa shape index (κ3) is 5.54. The van der Waals surface area contributed by atoms with E-state index in [2.05, 4.69) is 95.6 Å². The fourth-order valence-electron chi connectivity index (χ4n) is 1.48. The van der Waals surface area contributed by atoms with E-state index in [0.717, 1.165) is 8.95 Å². The molecule has 0 saturated heterocycles. The van der Waals surface area contributed by atoms with Gasteiger partial charge in [0.2, 0.25) is 0 Å². The van der Waals surface area contributed by atoms with E-state index in [0.29, 0.717) is 17.9 Å². The molecule has 0 amide bonds. The van der Waals surface area contributed by atoms with Crippen LogP contribution in [0, 0.1) is 0 Å². The van der Waals surface area contributed by atoms with Crippen LogP contribution in [0.3, 0.4) is 0 Å². The highest BCUT2D eigenvalue weighted by atomic mass is 79.9. The largest absolute Gasteiger partial charge is 0.585 e. The quantitative estimate of drug-likeness (QED) is 0.327. The molecule has 0 aromatic heterocycles. The lowest BCUT2D eigenvalue weighted by molar-refractivity contribution is 0.288. The molecule has 0 radical (unpaired) electrons. The summed E-state index contributed by atoms with van der Waals surface area (Å²) < 4.78 is 26.2. The van der Waals surface area contributed by atoms with Crippen LogP contribution in [0.1, 0.15) is 0 Å². The first-order chi connectivity index (χ1) is 10.6. The first-order valence-electron chi connectivity index (χ1n) is 5.60. The minimum atomic E-state index is -4.42. The Balaban J connectivity index is 2.33. The van der Waals surface area contributed by atoms with Crippen LogP contribution in [0.15, 0.2) is 51.1 Å². The molecule has 0 heterocycles. The Bertz CT molecular complexity index is 703. The minimum absolute atomic E-state index is 0.156. The molecular formula is C12H5Br6O4P. The van der Waals surface area contributed by atoms with Crippen molar-refractivity contribution in [1.29, 1.82) is 0 Å². The van der Waals surface area contributed by atoms with E-state index >= 15 is 0 Å². The number of benzene rings is 2. The number of hydrogen-bond donors (Lipinski definition) is 1. The summed E-state index contributed by atoms with van der Waals surface area (Å²) in [5.41, 5.74) is 0. The van der Waals surface area contributed by atoms with E-state index in [4.69, 9.17) is 9.05 Å². The highest BCUT2D eigenvalue weighted by Crippen LogP contribution is 2.52. The second kappa shape index (κ2) is 8.20. The third-order valence-electron chi connectivity index (χ3n) is 2.34. The van der Waals surface area contributed by atoms with Gasteiger partial charge in [0.05, 0.1) is 17.9 Å². The summed E-state index contributed by atoms with van der Waals surface area (Å²) in [5, 5.41) is 0. The molecule has 2 aromatic carbocycles. The molecule has 0 saturated carbocycles. The molecule has 0 bridgehead atoms. The molecule has 124 valence electrons. The lowest BCUT2D eigenvalue weighted by Gasteiger charge is -2.17. The van der Waals surface area contributed by atoms with E-state index in [1.54, 1.807) is 24.3 Å². The van der Waals surface area contributed by atoms with Crippen LogP contribution >= 0.6 is 103 Å². The Kier molecular flexibility index (Phi) is 7.28. The summed E-state index contributed by atoms with van der Waals surface area (Å²) in [5.74, 6) is 0.312. The van der Waals surface area contributed by atoms with Gasteiger partial charge in [-0.25, -0.2) is 4.57 Å². The van der Waals surface area contributed by atoms with Crippen molar-refractivity contribution in [2.24, 2.45) is 0 Å². The predicted octanol–water partition coefficient (Wildman–Crippen LogP) is 7.82. The van der Waals surface area contributed by atoms with Crippen LogP contribution in [0.25, 0.3) is 0 Å². The van der Waals surface area contributed by atoms with Gasteiger partial charge in [0.1, 0.15) is 0 Å². The molecule has 0 unspecified atom stereocenters. The van der Waals surface area contributed by atoms with Gasteiger partial charge in [-0.1, -0.05) is 31.9 Å². The SMILES string of the molecule is O=P(O)(Oc1c(Br)cc(Br)cc1Br)Oc1c(Br)cc(Br)cc1Br. The number of phosphoric acid groups is 1. The Hall–Kier alpha value is 1.11. The fourth-order valence-corrected chi connectivity index (χ4v) is 7.72. The molecule has 0 aliphatic heterocycles. The number of halogens is 6. The number of rotatable bonds is 4. The fraction of sp³-hybridized carbons (Fsp3) is 0. The summed E-state index contributed by atoms with van der Waals surface area (Å²) in [6.07, 6.45) is 0. The van der Waals surface area contributed by atoms with Crippen molar-refractivity contribution in [2.75, 3.05) is 0 Å². The Labute approximate surface area is 182 Å². The zero-order chi connectivity index (χ0) is 17.4. The predicted molar refractivity (Wildman–Crippen MR) is 110 cm³/mol. The minimum Gasteiger partial charge on any atom is -0.393 e. The Morgan fingerprint density at radius 2 is 0.957 bits per heavy atom. The van der Waals surface area contributed by atoms with Gasteiger partial charge in [-0.3, -0.25) is 4.89 Å². The van der Waals surface area contributed by atoms with Gasteiger partial charge in [-0.05, 0) is 88.0 Å². The van der Waals surface area contributed by atoms with Crippen molar-refractivity contribution in [3.8, 4) is 11.5 Å². The maximum absolute atomic E-state index is 12.3. The standard InChI is InChI=1S/C12H5Br6O4P/c13-5-1-7(15)11(8(16)2-5)21-23(19,20)22-12-9(17)3-6(14)4-10(12)18/h1-4H,(H,19,20). The van der Waals surface area contributed by atoms with Gasteiger partial charge in [0.15, 0.2) is 11.5 Å². The topological polar surface area (TPSA) is 55.8 Å². The molecule has 0 fully saturated rings. The monoisotopic (exact) mass is 718 g/mol. The molecule has 0 spiro atoms. The van der Waals surface area contributed by atoms with Gasteiger partial charge in [0.25, 0.3) is 0 Å². The van der Waals surface area contributed by atoms with E-state index in [1.807, 2.05) is 0 Å². The highest BCUT2D eigenvalue weighted by Gasteiger charge is 2.29. The molecule has 0 atom stereocenters. The van der Waals surface area contributed by atoms with Crippen LogP contribution in [0.5, 0.6) is 11.5 Å². The van der Waals surface area contributed by atoms with Crippen molar-refractivity contribution in [2.45, 2.75) is 0 Å². The van der Waals surface area contributed by atoms with Crippen molar-refractivity contribution in [3.05, 3.63) is 51.1 Å². The third-order valence-corrected chi connectivity index (χ3v) is 6.44. The smallest absolute Gasteiger partial charge is 0.393 e. The van der Waals surface area contributed by atoms with Gasteiger partial charge < -0.3 is 9.05 Å². The molecule has 4 nitrogen and oxygen atoms in total. The zero-order valence-electron chi connectivity index (χ0n) is 10.7. The van der Waals surface area contributed by atoms with Crippen LogP contribution in [0.2, 0.25) is 0 Å². The highest BCUT2D eigenvalue weighted by molar-refractivity contribution is 9.12. The van der Waals surface area contributed by atoms with E-state index in [9.17, 15) is 9.46 Å². The first-order valence-corrected chi connectivity index (χ1v) is 11.9. The average Bonchev–Trinajstić information content (AvgIpc) is 2.38. The second-order valence-corrected chi connectivity index (χ2v) is 10.6. The maximum atomic E-state index is 12.3. The van der Waals surface area contributed by atoms with Crippen LogP contribution in [-0.2, 0) is 4.57 Å². The molecular weight excluding hydrogens is 719 g/mol. The van der Waals surface area contributed by atoms with Gasteiger partial charge >= 0.3 is 7.82 Å². The van der Waals surface area contributed by atoms with E-state index < -0.39 is 7.82 Å². The molecule has 0 aliphatic carbocycles. The van der Waals surface area contributed by atoms with E-state index in [-0.39, 0.29) is 11.5 Å². The summed E-state index contributed by atoms with van der Waals surface area (Å²) >= 11 is 19.7. The van der Waals surface area contributed by atoms with E-state index in [1.165, 1.54) is 0 Å². The second-order valence-electron chi connectivity index (χ2n) is 4.05. The molecule has 11 heteroatoms. The van der Waals surface area contributed by atoms with Gasteiger partial charge in [-0.15, -0.1) is 0 Å². The van der Waals surface area contributed by atoms with Gasteiger partial charge in [0, 0.05) is 8.95 Å². The first kappa shape index (κ1) is 20.4. The zero-order valence-corrected chi connectivity index (χ0v) is 21.1. The maximum Gasteiger partial charge on any atom is 0.585 e. The van der Waals surface area contributed by atoms with Crippen molar-refractivity contribution in [3.63, 3.8) is 0 Å². The van der Waals surface area contributed by atoms with Crippen molar-refractivity contribution >= 4 is 103 Å². The van der Waals surface area contributed by atoms with Crippen LogP contribution in [0.4, 0.5) is 0 Å². The van der Waals surface area contributed by atoms with Crippen LogP contribution < -0.4 is 9.05 Å². The molecule has 2 rings (SSSR count). The summed E-state index contributed by atoms with van der Waals surface area (Å²) in [7, 11) is -4.42. The van der Waals surface area contributed by atoms with Crippen molar-refractivity contribution in [1.82, 2.24) is 0 Å². The summed E-state index contributed by atoms with van der Waals surface area (Å²) in [6.45, 7) is 0. The Morgan fingerprint density at radius 3 is 1.22 bits per heavy atom. The molecule has 1 N–H and O–H groups in total. The number of hydrogen-bond acceptors (Lipinski definition) is 3. The van der Waals surface area contributed by atoms with Crippen molar-refractivity contribution < 1.29 is 18.5 Å². The van der Waals surface area contributed by atoms with Crippen LogP contribution in [-0.4, -0.2) is 4.89 Å². The lowest BCUT2D eigenvalue weighted by atomic mass is 10.3. The van der Waals surface area contributed by atoms with Gasteiger partial charge in [-0.2, -0.15) is 0 Å². The summed E-state index contributed by atoms with van der Waals surface area (Å²) in [6, 6.07) is 6.74. The summed E-state index contributed by atoms with van der Waals surface area (Å²) in [4.78, 5) is 10.1. The molecule has 0 aliphatic rings. The lowest BCUT2D eigenvalue weighted by Crippen LogP contribution is -2.02. The molecule has 2 aromatic rings. The molecule has 23 heavy (non-hydrogen) atoms. The number of phosphoric ester groups is 1.